The van der Waals surface area contributed by atoms with Gasteiger partial charge in [-0.25, -0.2) is 4.39 Å². The van der Waals surface area contributed by atoms with E-state index >= 15 is 0 Å². The summed E-state index contributed by atoms with van der Waals surface area (Å²) in [4.78, 5) is 0. The Morgan fingerprint density at radius 1 is 1.89 bits per heavy atom. The Kier molecular flexibility index (Phi) is 2.32. The quantitative estimate of drug-likeness (QED) is 0.506. The molecule has 0 saturated carbocycles. The normalized spacial score (nSPS) is 43.7. The van der Waals surface area contributed by atoms with E-state index in [1.807, 2.05) is 6.92 Å². The molecule has 1 saturated heterocycles. The maximum absolute atomic E-state index is 12.8. The highest BCUT2D eigenvalue weighted by molar-refractivity contribution is 14.1. The Morgan fingerprint density at radius 2 is 2.56 bits per heavy atom. The van der Waals surface area contributed by atoms with Gasteiger partial charge in [-0.05, 0) is 6.92 Å². The van der Waals surface area contributed by atoms with Crippen molar-refractivity contribution < 1.29 is 9.13 Å². The second-order valence-corrected chi connectivity index (χ2v) is 3.31. The molecule has 1 aliphatic rings. The average molecular weight is 244 g/mol. The first-order chi connectivity index (χ1) is 4.19. The summed E-state index contributed by atoms with van der Waals surface area (Å²) in [5.74, 6) is 0. The topological polar surface area (TPSA) is 9.23 Å². The molecule has 1 fully saturated rings. The lowest BCUT2D eigenvalue weighted by molar-refractivity contribution is 0.00712. The molecule has 0 N–H and O–H groups in total. The molecule has 1 aliphatic heterocycles. The number of rotatable bonds is 1. The van der Waals surface area contributed by atoms with Crippen LogP contribution in [0.2, 0.25) is 0 Å². The predicted molar refractivity (Wildman–Crippen MR) is 42.8 cm³/mol. The lowest BCUT2D eigenvalue weighted by Gasteiger charge is -2.22. The lowest BCUT2D eigenvalue weighted by Crippen LogP contribution is -2.34. The molecule has 0 bridgehead atoms. The van der Waals surface area contributed by atoms with Crippen LogP contribution in [0, 0.1) is 0 Å². The highest BCUT2D eigenvalue weighted by atomic mass is 127. The van der Waals surface area contributed by atoms with Gasteiger partial charge in [-0.15, -0.1) is 0 Å². The predicted octanol–water partition coefficient (Wildman–Crippen LogP) is 1.94. The van der Waals surface area contributed by atoms with Gasteiger partial charge >= 0.3 is 0 Å². The van der Waals surface area contributed by atoms with Crippen LogP contribution in [0.15, 0.2) is 0 Å². The summed E-state index contributed by atoms with van der Waals surface area (Å²) in [6.07, 6.45) is -0.186. The van der Waals surface area contributed by atoms with E-state index in [1.54, 1.807) is 0 Å². The first-order valence-electron chi connectivity index (χ1n) is 3.03. The van der Waals surface area contributed by atoms with Crippen LogP contribution in [0.4, 0.5) is 4.39 Å². The third-order valence-corrected chi connectivity index (χ3v) is 3.25. The van der Waals surface area contributed by atoms with Gasteiger partial charge in [-0.3, -0.25) is 0 Å². The van der Waals surface area contributed by atoms with E-state index in [0.29, 0.717) is 13.0 Å². The first kappa shape index (κ1) is 7.72. The maximum Gasteiger partial charge on any atom is 0.132 e. The standard InChI is InChI=1S/C6H10FIO/c1-6(4-8)5(7)2-3-9-6/h5H,2-4H2,1H3/t5-,6-/m0/s1. The van der Waals surface area contributed by atoms with Crippen molar-refractivity contribution in [3.8, 4) is 0 Å². The van der Waals surface area contributed by atoms with E-state index in [0.717, 1.165) is 4.43 Å². The molecule has 0 aliphatic carbocycles. The molecule has 0 aromatic rings. The highest BCUT2D eigenvalue weighted by Crippen LogP contribution is 2.29. The molecular formula is C6H10FIO. The van der Waals surface area contributed by atoms with Crippen LogP contribution in [0.25, 0.3) is 0 Å². The number of alkyl halides is 2. The minimum atomic E-state index is -0.755. The summed E-state index contributed by atoms with van der Waals surface area (Å²) in [6, 6.07) is 0. The van der Waals surface area contributed by atoms with Crippen molar-refractivity contribution in [2.75, 3.05) is 11.0 Å². The van der Waals surface area contributed by atoms with Crippen LogP contribution in [-0.2, 0) is 4.74 Å². The molecular weight excluding hydrogens is 234 g/mol. The largest absolute Gasteiger partial charge is 0.371 e. The van der Waals surface area contributed by atoms with E-state index in [-0.39, 0.29) is 0 Å². The van der Waals surface area contributed by atoms with Gasteiger partial charge in [0.2, 0.25) is 0 Å². The van der Waals surface area contributed by atoms with Gasteiger partial charge in [0.1, 0.15) is 11.8 Å². The average Bonchev–Trinajstić information content (AvgIpc) is 2.15. The smallest absolute Gasteiger partial charge is 0.132 e. The van der Waals surface area contributed by atoms with Gasteiger partial charge < -0.3 is 4.74 Å². The van der Waals surface area contributed by atoms with Crippen molar-refractivity contribution in [3.63, 3.8) is 0 Å². The Bertz CT molecular complexity index is 109. The molecule has 1 heterocycles. The van der Waals surface area contributed by atoms with Crippen LogP contribution in [0.3, 0.4) is 0 Å². The van der Waals surface area contributed by atoms with Crippen molar-refractivity contribution >= 4 is 22.6 Å². The first-order valence-corrected chi connectivity index (χ1v) is 4.55. The summed E-state index contributed by atoms with van der Waals surface area (Å²) < 4.78 is 18.8. The fourth-order valence-electron chi connectivity index (χ4n) is 0.914. The summed E-state index contributed by atoms with van der Waals surface area (Å²) in [5.41, 5.74) is -0.486. The minimum Gasteiger partial charge on any atom is -0.371 e. The Morgan fingerprint density at radius 3 is 2.78 bits per heavy atom. The van der Waals surface area contributed by atoms with Gasteiger partial charge in [-0.2, -0.15) is 0 Å². The third-order valence-electron chi connectivity index (χ3n) is 1.73. The van der Waals surface area contributed by atoms with Crippen molar-refractivity contribution in [3.05, 3.63) is 0 Å². The zero-order valence-corrected chi connectivity index (χ0v) is 7.52. The van der Waals surface area contributed by atoms with Crippen molar-refractivity contribution in [2.24, 2.45) is 0 Å². The Hall–Kier alpha value is 0.620. The van der Waals surface area contributed by atoms with Crippen molar-refractivity contribution in [1.29, 1.82) is 0 Å². The second-order valence-electron chi connectivity index (χ2n) is 2.55. The zero-order chi connectivity index (χ0) is 6.91. The van der Waals surface area contributed by atoms with Gasteiger partial charge in [0.25, 0.3) is 0 Å². The molecule has 9 heavy (non-hydrogen) atoms. The zero-order valence-electron chi connectivity index (χ0n) is 5.36. The molecule has 0 unspecified atom stereocenters. The molecule has 2 atom stereocenters. The molecule has 0 amide bonds. The molecule has 1 nitrogen and oxygen atoms in total. The minimum absolute atomic E-state index is 0.486. The van der Waals surface area contributed by atoms with Crippen molar-refractivity contribution in [2.45, 2.75) is 25.1 Å². The summed E-state index contributed by atoms with van der Waals surface area (Å²) in [7, 11) is 0. The van der Waals surface area contributed by atoms with E-state index < -0.39 is 11.8 Å². The molecule has 0 radical (unpaired) electrons. The van der Waals surface area contributed by atoms with E-state index in [4.69, 9.17) is 4.74 Å². The van der Waals surface area contributed by atoms with Gasteiger partial charge in [-0.1, -0.05) is 22.6 Å². The van der Waals surface area contributed by atoms with Crippen LogP contribution in [-0.4, -0.2) is 22.8 Å². The number of hydrogen-bond acceptors (Lipinski definition) is 1. The monoisotopic (exact) mass is 244 g/mol. The van der Waals surface area contributed by atoms with E-state index in [1.165, 1.54) is 0 Å². The fraction of sp³-hybridized carbons (Fsp3) is 1.00. The number of halogens is 2. The second kappa shape index (κ2) is 2.70. The Labute approximate surface area is 68.1 Å². The van der Waals surface area contributed by atoms with Crippen LogP contribution < -0.4 is 0 Å². The molecule has 1 rings (SSSR count). The number of hydrogen-bond donors (Lipinski definition) is 0. The highest BCUT2D eigenvalue weighted by Gasteiger charge is 2.39. The van der Waals surface area contributed by atoms with Crippen LogP contribution >= 0.6 is 22.6 Å². The fourth-order valence-corrected chi connectivity index (χ4v) is 1.61. The van der Waals surface area contributed by atoms with Gasteiger partial charge in [0, 0.05) is 10.8 Å². The third kappa shape index (κ3) is 1.37. The van der Waals surface area contributed by atoms with Crippen LogP contribution in [0.5, 0.6) is 0 Å². The summed E-state index contributed by atoms with van der Waals surface area (Å²) in [6.45, 7) is 2.41. The molecule has 0 spiro atoms. The SMILES string of the molecule is C[C@@]1(CI)OCC[C@@H]1F. The van der Waals surface area contributed by atoms with E-state index in [2.05, 4.69) is 22.6 Å². The van der Waals surface area contributed by atoms with Crippen molar-refractivity contribution in [1.82, 2.24) is 0 Å². The summed E-state index contributed by atoms with van der Waals surface area (Å²) in [5, 5.41) is 0. The molecule has 0 aromatic heterocycles. The van der Waals surface area contributed by atoms with Gasteiger partial charge in [0.15, 0.2) is 0 Å². The lowest BCUT2D eigenvalue weighted by atomic mass is 10.0. The molecule has 0 aromatic carbocycles. The van der Waals surface area contributed by atoms with Gasteiger partial charge in [0.05, 0.1) is 6.61 Å². The Balaban J connectivity index is 2.56. The number of ether oxygens (including phenoxy) is 1. The summed E-state index contributed by atoms with van der Waals surface area (Å²) >= 11 is 2.16. The molecule has 54 valence electrons. The maximum atomic E-state index is 12.8. The van der Waals surface area contributed by atoms with E-state index in [9.17, 15) is 4.39 Å². The molecule has 3 heteroatoms. The van der Waals surface area contributed by atoms with Crippen LogP contribution in [0.1, 0.15) is 13.3 Å².